The first kappa shape index (κ1) is 21.8. The Morgan fingerprint density at radius 1 is 1.17 bits per heavy atom. The highest BCUT2D eigenvalue weighted by Gasteiger charge is 2.31. The van der Waals surface area contributed by atoms with Crippen LogP contribution in [0.2, 0.25) is 5.02 Å². The van der Waals surface area contributed by atoms with E-state index >= 15 is 0 Å². The van der Waals surface area contributed by atoms with Gasteiger partial charge < -0.3 is 9.84 Å². The summed E-state index contributed by atoms with van der Waals surface area (Å²) in [6.07, 6.45) is 1.32. The van der Waals surface area contributed by atoms with Crippen molar-refractivity contribution in [2.24, 2.45) is 0 Å². The van der Waals surface area contributed by atoms with Crippen LogP contribution in [-0.4, -0.2) is 36.8 Å². The van der Waals surface area contributed by atoms with Crippen LogP contribution in [-0.2, 0) is 21.4 Å². The summed E-state index contributed by atoms with van der Waals surface area (Å²) in [6, 6.07) is 14.6. The van der Waals surface area contributed by atoms with Crippen molar-refractivity contribution in [1.29, 1.82) is 0 Å². The van der Waals surface area contributed by atoms with Gasteiger partial charge in [-0.2, -0.15) is 4.98 Å². The SMILES string of the molecule is CC[C@@H](C(=O)NCc1nc(-c2ccccc2)no1)N(c1ccc(Cl)cc1)S(C)(=O)=O. The summed E-state index contributed by atoms with van der Waals surface area (Å²) in [7, 11) is -3.72. The molecule has 1 aromatic heterocycles. The molecule has 10 heteroatoms. The van der Waals surface area contributed by atoms with Crippen LogP contribution >= 0.6 is 11.6 Å². The van der Waals surface area contributed by atoms with Crippen LogP contribution in [0.3, 0.4) is 0 Å². The fourth-order valence-corrected chi connectivity index (χ4v) is 4.30. The number of rotatable bonds is 8. The van der Waals surface area contributed by atoms with E-state index in [2.05, 4.69) is 15.5 Å². The molecule has 30 heavy (non-hydrogen) atoms. The van der Waals surface area contributed by atoms with Crippen molar-refractivity contribution >= 4 is 33.2 Å². The zero-order valence-corrected chi connectivity index (χ0v) is 18.0. The van der Waals surface area contributed by atoms with Gasteiger partial charge in [0.05, 0.1) is 18.5 Å². The molecule has 0 aliphatic carbocycles. The second kappa shape index (κ2) is 9.27. The summed E-state index contributed by atoms with van der Waals surface area (Å²) >= 11 is 5.90. The number of amides is 1. The van der Waals surface area contributed by atoms with Gasteiger partial charge in [0.25, 0.3) is 0 Å². The molecule has 0 bridgehead atoms. The molecule has 3 aromatic rings. The van der Waals surface area contributed by atoms with Gasteiger partial charge in [0.15, 0.2) is 0 Å². The Balaban J connectivity index is 1.75. The van der Waals surface area contributed by atoms with Gasteiger partial charge in [-0.25, -0.2) is 8.42 Å². The Hall–Kier alpha value is -2.91. The van der Waals surface area contributed by atoms with E-state index in [-0.39, 0.29) is 18.9 Å². The van der Waals surface area contributed by atoms with Crippen molar-refractivity contribution in [1.82, 2.24) is 15.5 Å². The van der Waals surface area contributed by atoms with Crippen LogP contribution in [0, 0.1) is 0 Å². The third kappa shape index (κ3) is 5.17. The molecule has 0 spiro atoms. The number of aromatic nitrogens is 2. The number of nitrogens with one attached hydrogen (secondary N) is 1. The number of sulfonamides is 1. The maximum atomic E-state index is 12.8. The molecule has 0 aliphatic heterocycles. The van der Waals surface area contributed by atoms with Gasteiger partial charge in [-0.3, -0.25) is 9.10 Å². The van der Waals surface area contributed by atoms with E-state index < -0.39 is 22.0 Å². The first-order chi connectivity index (χ1) is 14.3. The number of hydrogen-bond acceptors (Lipinski definition) is 6. The lowest BCUT2D eigenvalue weighted by Gasteiger charge is -2.30. The quantitative estimate of drug-likeness (QED) is 0.567. The Bertz CT molecular complexity index is 1100. The van der Waals surface area contributed by atoms with E-state index in [1.165, 1.54) is 0 Å². The Morgan fingerprint density at radius 3 is 2.43 bits per heavy atom. The van der Waals surface area contributed by atoms with E-state index in [1.807, 2.05) is 30.3 Å². The van der Waals surface area contributed by atoms with E-state index in [9.17, 15) is 13.2 Å². The van der Waals surface area contributed by atoms with Gasteiger partial charge in [-0.15, -0.1) is 0 Å². The lowest BCUT2D eigenvalue weighted by atomic mass is 10.2. The van der Waals surface area contributed by atoms with Gasteiger partial charge in [0.1, 0.15) is 6.04 Å². The summed E-state index contributed by atoms with van der Waals surface area (Å²) in [5, 5.41) is 7.05. The van der Waals surface area contributed by atoms with Crippen molar-refractivity contribution in [3.63, 3.8) is 0 Å². The number of carbonyl (C=O) groups excluding carboxylic acids is 1. The maximum absolute atomic E-state index is 12.8. The molecule has 8 nitrogen and oxygen atoms in total. The fourth-order valence-electron chi connectivity index (χ4n) is 2.96. The molecule has 1 atom stereocenters. The second-order valence-corrected chi connectivity index (χ2v) is 8.85. The second-order valence-electron chi connectivity index (χ2n) is 6.55. The standard InChI is InChI=1S/C20H21ClN4O4S/c1-3-17(25(30(2,27)28)16-11-9-15(21)10-12-16)20(26)22-13-18-23-19(24-29-18)14-7-5-4-6-8-14/h4-12,17H,3,13H2,1-2H3,(H,22,26)/t17-/m0/s1. The molecule has 2 aromatic carbocycles. The van der Waals surface area contributed by atoms with E-state index in [4.69, 9.17) is 16.1 Å². The first-order valence-electron chi connectivity index (χ1n) is 9.20. The predicted octanol–water partition coefficient (Wildman–Crippen LogP) is 3.25. The van der Waals surface area contributed by atoms with Crippen molar-refractivity contribution in [3.05, 3.63) is 65.5 Å². The molecule has 0 saturated heterocycles. The third-order valence-electron chi connectivity index (χ3n) is 4.32. The first-order valence-corrected chi connectivity index (χ1v) is 11.4. The van der Waals surface area contributed by atoms with Crippen LogP contribution in [0.5, 0.6) is 0 Å². The lowest BCUT2D eigenvalue weighted by molar-refractivity contribution is -0.122. The lowest BCUT2D eigenvalue weighted by Crippen LogP contribution is -2.49. The minimum Gasteiger partial charge on any atom is -0.345 e. The zero-order chi connectivity index (χ0) is 21.7. The monoisotopic (exact) mass is 448 g/mol. The molecular weight excluding hydrogens is 428 g/mol. The number of benzene rings is 2. The Labute approximate surface area is 179 Å². The number of halogens is 1. The highest BCUT2D eigenvalue weighted by molar-refractivity contribution is 7.92. The molecule has 158 valence electrons. The Morgan fingerprint density at radius 2 is 1.83 bits per heavy atom. The Kier molecular flexibility index (Phi) is 6.73. The van der Waals surface area contributed by atoms with Crippen molar-refractivity contribution in [2.45, 2.75) is 25.9 Å². The normalized spacial score (nSPS) is 12.4. The van der Waals surface area contributed by atoms with Crippen LogP contribution in [0.25, 0.3) is 11.4 Å². The van der Waals surface area contributed by atoms with Gasteiger partial charge >= 0.3 is 0 Å². The number of carbonyl (C=O) groups is 1. The molecule has 0 fully saturated rings. The van der Waals surface area contributed by atoms with Crippen LogP contribution in [0.1, 0.15) is 19.2 Å². The van der Waals surface area contributed by atoms with Gasteiger partial charge in [0, 0.05) is 10.6 Å². The third-order valence-corrected chi connectivity index (χ3v) is 5.76. The largest absolute Gasteiger partial charge is 0.345 e. The van der Waals surface area contributed by atoms with Gasteiger partial charge in [-0.05, 0) is 30.7 Å². The predicted molar refractivity (Wildman–Crippen MR) is 114 cm³/mol. The topological polar surface area (TPSA) is 105 Å². The number of hydrogen-bond donors (Lipinski definition) is 1. The summed E-state index contributed by atoms with van der Waals surface area (Å²) in [6.45, 7) is 1.71. The highest BCUT2D eigenvalue weighted by Crippen LogP contribution is 2.24. The molecule has 0 radical (unpaired) electrons. The molecule has 0 aliphatic rings. The fraction of sp³-hybridized carbons (Fsp3) is 0.250. The maximum Gasteiger partial charge on any atom is 0.246 e. The molecule has 1 N–H and O–H groups in total. The number of anilines is 1. The average molecular weight is 449 g/mol. The summed E-state index contributed by atoms with van der Waals surface area (Å²) in [5.41, 5.74) is 1.14. The molecule has 3 rings (SSSR count). The van der Waals surface area contributed by atoms with Gasteiger partial charge in [0.2, 0.25) is 27.6 Å². The van der Waals surface area contributed by atoms with Crippen molar-refractivity contribution in [2.75, 3.05) is 10.6 Å². The molecule has 1 amide bonds. The summed E-state index contributed by atoms with van der Waals surface area (Å²) in [4.78, 5) is 17.1. The molecule has 0 saturated carbocycles. The minimum absolute atomic E-state index is 0.0204. The summed E-state index contributed by atoms with van der Waals surface area (Å²) in [5.74, 6) is 0.151. The van der Waals surface area contributed by atoms with Crippen LogP contribution in [0.4, 0.5) is 5.69 Å². The van der Waals surface area contributed by atoms with Crippen LogP contribution in [0.15, 0.2) is 59.1 Å². The molecular formula is C20H21ClN4O4S. The number of nitrogens with zero attached hydrogens (tertiary/aromatic N) is 3. The molecule has 0 unspecified atom stereocenters. The average Bonchev–Trinajstić information content (AvgIpc) is 3.20. The minimum atomic E-state index is -3.72. The van der Waals surface area contributed by atoms with E-state index in [1.54, 1.807) is 31.2 Å². The molecule has 1 heterocycles. The summed E-state index contributed by atoms with van der Waals surface area (Å²) < 4.78 is 31.1. The smallest absolute Gasteiger partial charge is 0.246 e. The van der Waals surface area contributed by atoms with Gasteiger partial charge in [-0.1, -0.05) is 54.0 Å². The highest BCUT2D eigenvalue weighted by atomic mass is 35.5. The van der Waals surface area contributed by atoms with Crippen molar-refractivity contribution < 1.29 is 17.7 Å². The van der Waals surface area contributed by atoms with Crippen molar-refractivity contribution in [3.8, 4) is 11.4 Å². The van der Waals surface area contributed by atoms with E-state index in [0.29, 0.717) is 16.5 Å². The zero-order valence-electron chi connectivity index (χ0n) is 16.4. The van der Waals surface area contributed by atoms with E-state index in [0.717, 1.165) is 16.1 Å². The van der Waals surface area contributed by atoms with Crippen LogP contribution < -0.4 is 9.62 Å².